The lowest BCUT2D eigenvalue weighted by atomic mass is 10.00. The smallest absolute Gasteiger partial charge is 0.221 e. The van der Waals surface area contributed by atoms with Gasteiger partial charge in [0.15, 0.2) is 0 Å². The molecule has 1 fully saturated rings. The van der Waals surface area contributed by atoms with Crippen molar-refractivity contribution in [2.45, 2.75) is 58.5 Å². The Balaban J connectivity index is 1.72. The van der Waals surface area contributed by atoms with Crippen LogP contribution in [-0.4, -0.2) is 29.9 Å². The zero-order chi connectivity index (χ0) is 15.1. The molecule has 116 valence electrons. The fourth-order valence-corrected chi connectivity index (χ4v) is 3.17. The quantitative estimate of drug-likeness (QED) is 0.871. The highest BCUT2D eigenvalue weighted by Crippen LogP contribution is 2.19. The maximum absolute atomic E-state index is 12.0. The third-order valence-corrected chi connectivity index (χ3v) is 4.42. The van der Waals surface area contributed by atoms with Crippen LogP contribution < -0.4 is 5.32 Å². The molecule has 1 heterocycles. The summed E-state index contributed by atoms with van der Waals surface area (Å²) < 4.78 is 0. The molecule has 1 atom stereocenters. The molecule has 1 aliphatic heterocycles. The first-order valence-corrected chi connectivity index (χ1v) is 8.25. The van der Waals surface area contributed by atoms with E-state index < -0.39 is 0 Å². The average Bonchev–Trinajstić information content (AvgIpc) is 2.51. The van der Waals surface area contributed by atoms with Gasteiger partial charge < -0.3 is 5.32 Å². The highest BCUT2D eigenvalue weighted by atomic mass is 16.1. The highest BCUT2D eigenvalue weighted by Gasteiger charge is 2.20. The number of amides is 1. The summed E-state index contributed by atoms with van der Waals surface area (Å²) in [4.78, 5) is 14.5. The van der Waals surface area contributed by atoms with E-state index >= 15 is 0 Å². The van der Waals surface area contributed by atoms with E-state index in [0.717, 1.165) is 13.1 Å². The molecule has 0 aromatic heterocycles. The summed E-state index contributed by atoms with van der Waals surface area (Å²) in [5.41, 5.74) is 2.41. The van der Waals surface area contributed by atoms with Gasteiger partial charge in [-0.25, -0.2) is 0 Å². The molecule has 0 spiro atoms. The second-order valence-electron chi connectivity index (χ2n) is 6.11. The molecule has 21 heavy (non-hydrogen) atoms. The normalized spacial score (nSPS) is 19.4. The molecule has 1 aromatic rings. The van der Waals surface area contributed by atoms with Crippen LogP contribution >= 0.6 is 0 Å². The molecule has 1 aliphatic rings. The van der Waals surface area contributed by atoms with Crippen LogP contribution in [0.1, 0.15) is 50.2 Å². The van der Waals surface area contributed by atoms with E-state index in [9.17, 15) is 4.79 Å². The minimum absolute atomic E-state index is 0.164. The highest BCUT2D eigenvalue weighted by molar-refractivity contribution is 5.76. The Bertz CT molecular complexity index is 458. The first kappa shape index (κ1) is 16.0. The van der Waals surface area contributed by atoms with Gasteiger partial charge in [-0.15, -0.1) is 0 Å². The molecule has 1 unspecified atom stereocenters. The standard InChI is InChI=1S/C18H28N2O/c1-3-17-9-4-5-11-20(17)12-10-18(21)19-14-16-8-6-7-15(2)13-16/h6-8,13,17H,3-5,9-12,14H2,1-2H3,(H,19,21). The number of carbonyl (C=O) groups is 1. The molecule has 1 saturated heterocycles. The predicted molar refractivity (Wildman–Crippen MR) is 87.1 cm³/mol. The van der Waals surface area contributed by atoms with Gasteiger partial charge in [0.05, 0.1) is 0 Å². The SMILES string of the molecule is CCC1CCCCN1CCC(=O)NCc1cccc(C)c1. The Labute approximate surface area is 128 Å². The zero-order valence-corrected chi connectivity index (χ0v) is 13.4. The molecule has 0 saturated carbocycles. The van der Waals surface area contributed by atoms with E-state index in [1.807, 2.05) is 6.07 Å². The average molecular weight is 288 g/mol. The van der Waals surface area contributed by atoms with Crippen LogP contribution in [0.25, 0.3) is 0 Å². The topological polar surface area (TPSA) is 32.3 Å². The van der Waals surface area contributed by atoms with Crippen molar-refractivity contribution in [3.63, 3.8) is 0 Å². The summed E-state index contributed by atoms with van der Waals surface area (Å²) in [5.74, 6) is 0.164. The van der Waals surface area contributed by atoms with Crippen molar-refractivity contribution < 1.29 is 4.79 Å². The lowest BCUT2D eigenvalue weighted by Crippen LogP contribution is -2.41. The fraction of sp³-hybridized carbons (Fsp3) is 0.611. The van der Waals surface area contributed by atoms with Gasteiger partial charge in [0, 0.05) is 25.6 Å². The molecule has 2 rings (SSSR count). The van der Waals surface area contributed by atoms with Crippen LogP contribution in [0.4, 0.5) is 0 Å². The van der Waals surface area contributed by atoms with Crippen molar-refractivity contribution >= 4 is 5.91 Å². The summed E-state index contributed by atoms with van der Waals surface area (Å²) in [7, 11) is 0. The number of hydrogen-bond acceptors (Lipinski definition) is 2. The molecule has 0 bridgehead atoms. The fourth-order valence-electron chi connectivity index (χ4n) is 3.17. The predicted octanol–water partition coefficient (Wildman–Crippen LogP) is 3.27. The Morgan fingerprint density at radius 1 is 1.38 bits per heavy atom. The summed E-state index contributed by atoms with van der Waals surface area (Å²) in [6, 6.07) is 8.98. The van der Waals surface area contributed by atoms with Crippen molar-refractivity contribution in [3.8, 4) is 0 Å². The maximum atomic E-state index is 12.0. The molecule has 0 aliphatic carbocycles. The van der Waals surface area contributed by atoms with Gasteiger partial charge in [-0.1, -0.05) is 43.2 Å². The van der Waals surface area contributed by atoms with Gasteiger partial charge in [0.25, 0.3) is 0 Å². The van der Waals surface area contributed by atoms with Crippen LogP contribution in [0.3, 0.4) is 0 Å². The summed E-state index contributed by atoms with van der Waals surface area (Å²) in [6.07, 6.45) is 5.73. The van der Waals surface area contributed by atoms with Crippen molar-refractivity contribution in [1.82, 2.24) is 10.2 Å². The Hall–Kier alpha value is -1.35. The van der Waals surface area contributed by atoms with Gasteiger partial charge in [-0.3, -0.25) is 9.69 Å². The largest absolute Gasteiger partial charge is 0.352 e. The lowest BCUT2D eigenvalue weighted by molar-refractivity contribution is -0.121. The zero-order valence-electron chi connectivity index (χ0n) is 13.4. The van der Waals surface area contributed by atoms with Crippen molar-refractivity contribution in [1.29, 1.82) is 0 Å². The third-order valence-electron chi connectivity index (χ3n) is 4.42. The second kappa shape index (κ2) is 8.18. The minimum Gasteiger partial charge on any atom is -0.352 e. The van der Waals surface area contributed by atoms with Crippen LogP contribution in [-0.2, 0) is 11.3 Å². The number of nitrogens with zero attached hydrogens (tertiary/aromatic N) is 1. The summed E-state index contributed by atoms with van der Waals surface area (Å²) in [6.45, 7) is 7.02. The van der Waals surface area contributed by atoms with Crippen molar-refractivity contribution in [2.24, 2.45) is 0 Å². The van der Waals surface area contributed by atoms with Gasteiger partial charge in [-0.2, -0.15) is 0 Å². The Morgan fingerprint density at radius 3 is 3.00 bits per heavy atom. The van der Waals surface area contributed by atoms with Crippen LogP contribution in [0.2, 0.25) is 0 Å². The van der Waals surface area contributed by atoms with Gasteiger partial charge >= 0.3 is 0 Å². The molecule has 1 N–H and O–H groups in total. The number of rotatable bonds is 6. The number of hydrogen-bond donors (Lipinski definition) is 1. The maximum Gasteiger partial charge on any atom is 0.221 e. The Kier molecular flexibility index (Phi) is 6.24. The van der Waals surface area contributed by atoms with E-state index in [-0.39, 0.29) is 5.91 Å². The number of benzene rings is 1. The van der Waals surface area contributed by atoms with E-state index in [1.165, 1.54) is 36.8 Å². The van der Waals surface area contributed by atoms with E-state index in [2.05, 4.69) is 42.3 Å². The lowest BCUT2D eigenvalue weighted by Gasteiger charge is -2.35. The van der Waals surface area contributed by atoms with Crippen LogP contribution in [0, 0.1) is 6.92 Å². The number of piperidine rings is 1. The van der Waals surface area contributed by atoms with Crippen LogP contribution in [0.15, 0.2) is 24.3 Å². The molecule has 3 heteroatoms. The molecule has 1 aromatic carbocycles. The number of aryl methyl sites for hydroxylation is 1. The molecule has 3 nitrogen and oxygen atoms in total. The van der Waals surface area contributed by atoms with Gasteiger partial charge in [0.2, 0.25) is 5.91 Å². The third kappa shape index (κ3) is 5.16. The number of nitrogens with one attached hydrogen (secondary N) is 1. The molecule has 1 amide bonds. The van der Waals surface area contributed by atoms with Gasteiger partial charge in [-0.05, 0) is 38.3 Å². The molecule has 0 radical (unpaired) electrons. The monoisotopic (exact) mass is 288 g/mol. The summed E-state index contributed by atoms with van der Waals surface area (Å²) >= 11 is 0. The second-order valence-corrected chi connectivity index (χ2v) is 6.11. The number of carbonyl (C=O) groups excluding carboxylic acids is 1. The van der Waals surface area contributed by atoms with E-state index in [1.54, 1.807) is 0 Å². The first-order chi connectivity index (χ1) is 10.2. The summed E-state index contributed by atoms with van der Waals surface area (Å²) in [5, 5.41) is 3.03. The van der Waals surface area contributed by atoms with Crippen molar-refractivity contribution in [2.75, 3.05) is 13.1 Å². The first-order valence-electron chi connectivity index (χ1n) is 8.25. The van der Waals surface area contributed by atoms with Crippen molar-refractivity contribution in [3.05, 3.63) is 35.4 Å². The van der Waals surface area contributed by atoms with E-state index in [4.69, 9.17) is 0 Å². The molecular weight excluding hydrogens is 260 g/mol. The van der Waals surface area contributed by atoms with E-state index in [0.29, 0.717) is 19.0 Å². The minimum atomic E-state index is 0.164. The Morgan fingerprint density at radius 2 is 2.24 bits per heavy atom. The van der Waals surface area contributed by atoms with Gasteiger partial charge in [0.1, 0.15) is 0 Å². The van der Waals surface area contributed by atoms with Crippen LogP contribution in [0.5, 0.6) is 0 Å². The number of likely N-dealkylation sites (tertiary alicyclic amines) is 1. The molecular formula is C18H28N2O.